The Balaban J connectivity index is 1.83. The molecule has 3 rings (SSSR count). The number of thiophene rings is 1. The normalized spacial score (nSPS) is 10.6. The Morgan fingerprint density at radius 1 is 1.03 bits per heavy atom. The number of methoxy groups -OCH3 is 2. The van der Waals surface area contributed by atoms with Crippen LogP contribution in [0.2, 0.25) is 0 Å². The van der Waals surface area contributed by atoms with Crippen molar-refractivity contribution in [3.63, 3.8) is 0 Å². The number of ether oxygens (including phenoxy) is 3. The van der Waals surface area contributed by atoms with Crippen LogP contribution in [0, 0.1) is 13.8 Å². The van der Waals surface area contributed by atoms with E-state index in [1.165, 1.54) is 37.7 Å². The zero-order valence-electron chi connectivity index (χ0n) is 19.9. The minimum Gasteiger partial charge on any atom is -0.493 e. The summed E-state index contributed by atoms with van der Waals surface area (Å²) < 4.78 is 18.0. The first kappa shape index (κ1) is 25.0. The first-order chi connectivity index (χ1) is 16.3. The molecule has 180 valence electrons. The number of hydrogen-bond donors (Lipinski definition) is 1. The molecule has 2 aromatic heterocycles. The molecule has 8 nitrogen and oxygen atoms in total. The molecule has 1 aromatic carbocycles. The predicted molar refractivity (Wildman–Crippen MR) is 131 cm³/mol. The van der Waals surface area contributed by atoms with Gasteiger partial charge in [0.2, 0.25) is 5.78 Å². The molecule has 0 saturated heterocycles. The van der Waals surface area contributed by atoms with E-state index in [9.17, 15) is 14.4 Å². The first-order valence-corrected chi connectivity index (χ1v) is 11.7. The molecule has 0 aliphatic rings. The lowest BCUT2D eigenvalue weighted by molar-refractivity contribution is 0.0475. The van der Waals surface area contributed by atoms with Crippen molar-refractivity contribution < 1.29 is 28.6 Å². The molecule has 34 heavy (non-hydrogen) atoms. The van der Waals surface area contributed by atoms with Gasteiger partial charge in [0.25, 0.3) is 5.91 Å². The van der Waals surface area contributed by atoms with Crippen LogP contribution < -0.4 is 14.8 Å². The van der Waals surface area contributed by atoms with Gasteiger partial charge in [-0.1, -0.05) is 13.0 Å². The molecule has 0 bridgehead atoms. The van der Waals surface area contributed by atoms with Crippen LogP contribution in [0.4, 0.5) is 5.69 Å². The summed E-state index contributed by atoms with van der Waals surface area (Å²) in [5.74, 6) is -0.819. The maximum absolute atomic E-state index is 13.0. The number of benzene rings is 1. The topological polar surface area (TPSA) is 95.9 Å². The Labute approximate surface area is 202 Å². The maximum atomic E-state index is 13.0. The fraction of sp³-hybridized carbons (Fsp3) is 0.320. The molecule has 0 atom stereocenters. The largest absolute Gasteiger partial charge is 0.493 e. The van der Waals surface area contributed by atoms with Crippen molar-refractivity contribution in [1.82, 2.24) is 4.57 Å². The van der Waals surface area contributed by atoms with Crippen LogP contribution >= 0.6 is 11.3 Å². The van der Waals surface area contributed by atoms with Crippen LogP contribution in [0.15, 0.2) is 35.7 Å². The molecule has 0 spiro atoms. The van der Waals surface area contributed by atoms with Gasteiger partial charge in [0.05, 0.1) is 30.3 Å². The second kappa shape index (κ2) is 11.0. The van der Waals surface area contributed by atoms with E-state index in [2.05, 4.69) is 16.8 Å². The Hall–Kier alpha value is -3.59. The molecule has 0 aliphatic carbocycles. The van der Waals surface area contributed by atoms with Crippen LogP contribution in [0.5, 0.6) is 11.5 Å². The van der Waals surface area contributed by atoms with E-state index in [4.69, 9.17) is 14.2 Å². The molecular weight excluding hydrogens is 456 g/mol. The van der Waals surface area contributed by atoms with Crippen molar-refractivity contribution in [2.75, 3.05) is 26.1 Å². The van der Waals surface area contributed by atoms with E-state index in [1.807, 2.05) is 19.9 Å². The van der Waals surface area contributed by atoms with Crippen LogP contribution in [-0.4, -0.2) is 43.1 Å². The van der Waals surface area contributed by atoms with Gasteiger partial charge in [-0.25, -0.2) is 4.79 Å². The standard InChI is InChI=1S/C25H28N2O6S/c1-6-9-27-15(2)11-17(16(27)3)20(28)14-33-25(30)18-12-21(31-4)22(32-5)13-19(18)26-24(29)23-8-7-10-34-23/h7-8,10-13H,6,9,14H2,1-5H3,(H,26,29). The third-order valence-electron chi connectivity index (χ3n) is 5.39. The van der Waals surface area contributed by atoms with Gasteiger partial charge in [0.15, 0.2) is 18.1 Å². The lowest BCUT2D eigenvalue weighted by Gasteiger charge is -2.15. The minimum atomic E-state index is -0.766. The van der Waals surface area contributed by atoms with Crippen molar-refractivity contribution in [2.45, 2.75) is 33.7 Å². The van der Waals surface area contributed by atoms with E-state index in [0.717, 1.165) is 24.4 Å². The summed E-state index contributed by atoms with van der Waals surface area (Å²) in [7, 11) is 2.89. The highest BCUT2D eigenvalue weighted by Crippen LogP contribution is 2.34. The predicted octanol–water partition coefficient (Wildman–Crippen LogP) is 4.89. The second-order valence-electron chi connectivity index (χ2n) is 7.62. The van der Waals surface area contributed by atoms with Gasteiger partial charge < -0.3 is 24.1 Å². The van der Waals surface area contributed by atoms with Gasteiger partial charge >= 0.3 is 5.97 Å². The zero-order valence-corrected chi connectivity index (χ0v) is 20.7. The molecular formula is C25H28N2O6S. The van der Waals surface area contributed by atoms with Crippen LogP contribution in [0.25, 0.3) is 0 Å². The molecule has 1 amide bonds. The van der Waals surface area contributed by atoms with Crippen LogP contribution in [0.1, 0.15) is 55.1 Å². The highest BCUT2D eigenvalue weighted by atomic mass is 32.1. The number of rotatable bonds is 10. The SMILES string of the molecule is CCCn1c(C)cc(C(=O)COC(=O)c2cc(OC)c(OC)cc2NC(=O)c2cccs2)c1C. The third kappa shape index (κ3) is 5.31. The number of carbonyl (C=O) groups is 3. The van der Waals surface area contributed by atoms with Crippen LogP contribution in [0.3, 0.4) is 0 Å². The summed E-state index contributed by atoms with van der Waals surface area (Å²) >= 11 is 1.27. The van der Waals surface area contributed by atoms with Crippen LogP contribution in [-0.2, 0) is 11.3 Å². The number of aromatic nitrogens is 1. The van der Waals surface area contributed by atoms with Crippen molar-refractivity contribution in [1.29, 1.82) is 0 Å². The highest BCUT2D eigenvalue weighted by molar-refractivity contribution is 7.12. The molecule has 0 saturated carbocycles. The molecule has 3 aromatic rings. The van der Waals surface area contributed by atoms with Gasteiger partial charge in [-0.3, -0.25) is 9.59 Å². The van der Waals surface area contributed by atoms with Crippen molar-refractivity contribution in [2.24, 2.45) is 0 Å². The smallest absolute Gasteiger partial charge is 0.340 e. The van der Waals surface area contributed by atoms with E-state index in [0.29, 0.717) is 16.2 Å². The summed E-state index contributed by atoms with van der Waals surface area (Å²) in [5, 5.41) is 4.50. The summed E-state index contributed by atoms with van der Waals surface area (Å²) in [6, 6.07) is 8.15. The Morgan fingerprint density at radius 3 is 2.35 bits per heavy atom. The fourth-order valence-corrected chi connectivity index (χ4v) is 4.30. The van der Waals surface area contributed by atoms with Crippen molar-refractivity contribution in [3.8, 4) is 11.5 Å². The molecule has 0 aliphatic heterocycles. The molecule has 1 N–H and O–H groups in total. The quantitative estimate of drug-likeness (QED) is 0.325. The van der Waals surface area contributed by atoms with Gasteiger partial charge in [0.1, 0.15) is 0 Å². The van der Waals surface area contributed by atoms with Gasteiger partial charge in [0, 0.05) is 35.6 Å². The maximum Gasteiger partial charge on any atom is 0.340 e. The lowest BCUT2D eigenvalue weighted by atomic mass is 10.1. The number of Topliss-reactive ketones (excluding diaryl/α,β-unsaturated/α-hetero) is 1. The lowest BCUT2D eigenvalue weighted by Crippen LogP contribution is -2.18. The summed E-state index contributed by atoms with van der Waals surface area (Å²) in [4.78, 5) is 38.9. The summed E-state index contributed by atoms with van der Waals surface area (Å²) in [6.45, 7) is 6.27. The summed E-state index contributed by atoms with van der Waals surface area (Å²) in [5.41, 5.74) is 2.58. The summed E-state index contributed by atoms with van der Waals surface area (Å²) in [6.07, 6.45) is 0.943. The Kier molecular flexibility index (Phi) is 8.12. The molecule has 0 fully saturated rings. The van der Waals surface area contributed by atoms with E-state index >= 15 is 0 Å². The minimum absolute atomic E-state index is 0.0480. The van der Waals surface area contributed by atoms with E-state index in [1.54, 1.807) is 17.5 Å². The third-order valence-corrected chi connectivity index (χ3v) is 6.26. The van der Waals surface area contributed by atoms with Gasteiger partial charge in [-0.15, -0.1) is 11.3 Å². The van der Waals surface area contributed by atoms with Gasteiger partial charge in [-0.2, -0.15) is 0 Å². The van der Waals surface area contributed by atoms with Crippen molar-refractivity contribution in [3.05, 3.63) is 63.1 Å². The zero-order chi connectivity index (χ0) is 24.8. The fourth-order valence-electron chi connectivity index (χ4n) is 3.68. The number of hydrogen-bond acceptors (Lipinski definition) is 7. The average molecular weight is 485 g/mol. The Bertz CT molecular complexity index is 1200. The van der Waals surface area contributed by atoms with E-state index in [-0.39, 0.29) is 28.7 Å². The number of anilines is 1. The Morgan fingerprint density at radius 2 is 1.74 bits per heavy atom. The number of nitrogens with zero attached hydrogens (tertiary/aromatic N) is 1. The first-order valence-electron chi connectivity index (χ1n) is 10.8. The van der Waals surface area contributed by atoms with E-state index < -0.39 is 12.6 Å². The number of amides is 1. The highest BCUT2D eigenvalue weighted by Gasteiger charge is 2.23. The molecule has 2 heterocycles. The second-order valence-corrected chi connectivity index (χ2v) is 8.57. The average Bonchev–Trinajstić information content (AvgIpc) is 3.47. The van der Waals surface area contributed by atoms with Gasteiger partial charge in [-0.05, 0) is 37.8 Å². The number of ketones is 1. The number of carbonyl (C=O) groups excluding carboxylic acids is 3. The molecule has 0 radical (unpaired) electrons. The molecule has 9 heteroatoms. The monoisotopic (exact) mass is 484 g/mol. The number of aryl methyl sites for hydroxylation is 1. The number of nitrogens with one attached hydrogen (secondary N) is 1. The van der Waals surface area contributed by atoms with Crippen molar-refractivity contribution >= 4 is 34.7 Å². The molecule has 0 unspecified atom stereocenters. The number of esters is 1.